The molecule has 1 aliphatic heterocycles. The largest absolute Gasteiger partial charge is 0.338 e. The van der Waals surface area contributed by atoms with E-state index in [9.17, 15) is 4.79 Å². The zero-order chi connectivity index (χ0) is 12.3. The van der Waals surface area contributed by atoms with Gasteiger partial charge in [-0.1, -0.05) is 13.8 Å². The molecular formula is C13H24N2OS. The summed E-state index contributed by atoms with van der Waals surface area (Å²) >= 11 is 2.06. The molecule has 4 heteroatoms. The molecule has 1 saturated heterocycles. The van der Waals surface area contributed by atoms with Gasteiger partial charge in [0.15, 0.2) is 0 Å². The highest BCUT2D eigenvalue weighted by Gasteiger charge is 2.38. The number of hydrogen-bond donors (Lipinski definition) is 1. The van der Waals surface area contributed by atoms with E-state index < -0.39 is 0 Å². The summed E-state index contributed by atoms with van der Waals surface area (Å²) in [7, 11) is 0. The van der Waals surface area contributed by atoms with E-state index in [1.165, 1.54) is 25.0 Å². The van der Waals surface area contributed by atoms with Crippen molar-refractivity contribution in [2.24, 2.45) is 0 Å². The maximum Gasteiger partial charge on any atom is 0.240 e. The van der Waals surface area contributed by atoms with Crippen LogP contribution in [-0.2, 0) is 4.79 Å². The second-order valence-electron chi connectivity index (χ2n) is 4.97. The molecule has 1 heterocycles. The summed E-state index contributed by atoms with van der Waals surface area (Å²) in [6.07, 6.45) is 4.71. The van der Waals surface area contributed by atoms with E-state index in [1.807, 2.05) is 0 Å². The maximum atomic E-state index is 12.2. The number of likely N-dealkylation sites (tertiary alicyclic amines) is 1. The summed E-state index contributed by atoms with van der Waals surface area (Å²) in [5, 5.41) is 4.08. The standard InChI is InChI=1S/C13H24N2OS/c1-3-14-12-7-8-15(13(12)16)10-5-6-11(9-10)17-4-2/h10-12,14H,3-9H2,1-2H3. The molecule has 2 aliphatic rings. The zero-order valence-electron chi connectivity index (χ0n) is 10.9. The predicted octanol–water partition coefficient (Wildman–Crippen LogP) is 1.87. The smallest absolute Gasteiger partial charge is 0.240 e. The van der Waals surface area contributed by atoms with E-state index in [4.69, 9.17) is 0 Å². The molecule has 0 aromatic heterocycles. The van der Waals surface area contributed by atoms with Gasteiger partial charge in [-0.3, -0.25) is 4.79 Å². The Hall–Kier alpha value is -0.220. The number of carbonyl (C=O) groups excluding carboxylic acids is 1. The summed E-state index contributed by atoms with van der Waals surface area (Å²) in [5.74, 6) is 1.55. The minimum atomic E-state index is 0.0953. The fourth-order valence-electron chi connectivity index (χ4n) is 3.09. The van der Waals surface area contributed by atoms with Gasteiger partial charge in [0.1, 0.15) is 0 Å². The lowest BCUT2D eigenvalue weighted by molar-refractivity contribution is -0.131. The van der Waals surface area contributed by atoms with E-state index in [2.05, 4.69) is 35.8 Å². The Morgan fingerprint density at radius 1 is 1.35 bits per heavy atom. The second kappa shape index (κ2) is 6.10. The lowest BCUT2D eigenvalue weighted by Gasteiger charge is -2.24. The minimum absolute atomic E-state index is 0.0953. The van der Waals surface area contributed by atoms with Crippen LogP contribution in [0.2, 0.25) is 0 Å². The Balaban J connectivity index is 1.86. The van der Waals surface area contributed by atoms with Gasteiger partial charge in [0.2, 0.25) is 5.91 Å². The molecule has 1 amide bonds. The molecule has 2 fully saturated rings. The van der Waals surface area contributed by atoms with Crippen LogP contribution in [0.1, 0.15) is 39.5 Å². The van der Waals surface area contributed by atoms with Crippen molar-refractivity contribution in [1.82, 2.24) is 10.2 Å². The predicted molar refractivity (Wildman–Crippen MR) is 73.4 cm³/mol. The van der Waals surface area contributed by atoms with Gasteiger partial charge in [-0.2, -0.15) is 11.8 Å². The van der Waals surface area contributed by atoms with Crippen LogP contribution in [0.15, 0.2) is 0 Å². The molecule has 0 spiro atoms. The third-order valence-corrected chi connectivity index (χ3v) is 5.12. The maximum absolute atomic E-state index is 12.2. The highest BCUT2D eigenvalue weighted by Crippen LogP contribution is 2.34. The molecule has 1 aliphatic carbocycles. The fourth-order valence-corrected chi connectivity index (χ4v) is 4.22. The van der Waals surface area contributed by atoms with Gasteiger partial charge in [-0.25, -0.2) is 0 Å². The molecule has 0 bridgehead atoms. The molecule has 3 unspecified atom stereocenters. The van der Waals surface area contributed by atoms with E-state index in [1.54, 1.807) is 0 Å². The quantitative estimate of drug-likeness (QED) is 0.815. The van der Waals surface area contributed by atoms with Crippen LogP contribution in [0.4, 0.5) is 0 Å². The molecule has 98 valence electrons. The Labute approximate surface area is 109 Å². The average molecular weight is 256 g/mol. The number of hydrogen-bond acceptors (Lipinski definition) is 3. The molecular weight excluding hydrogens is 232 g/mol. The van der Waals surface area contributed by atoms with Crippen molar-refractivity contribution in [3.63, 3.8) is 0 Å². The van der Waals surface area contributed by atoms with Gasteiger partial charge >= 0.3 is 0 Å². The first-order chi connectivity index (χ1) is 8.26. The molecule has 0 aromatic carbocycles. The zero-order valence-corrected chi connectivity index (χ0v) is 11.8. The van der Waals surface area contributed by atoms with Gasteiger partial charge in [0.05, 0.1) is 6.04 Å². The van der Waals surface area contributed by atoms with Gasteiger partial charge in [0, 0.05) is 17.8 Å². The van der Waals surface area contributed by atoms with Crippen molar-refractivity contribution in [1.29, 1.82) is 0 Å². The van der Waals surface area contributed by atoms with Crippen molar-refractivity contribution in [3.8, 4) is 0 Å². The first kappa shape index (κ1) is 13.2. The number of nitrogens with one attached hydrogen (secondary N) is 1. The topological polar surface area (TPSA) is 32.3 Å². The first-order valence-corrected chi connectivity index (χ1v) is 7.96. The summed E-state index contributed by atoms with van der Waals surface area (Å²) < 4.78 is 0. The van der Waals surface area contributed by atoms with Crippen LogP contribution in [0.25, 0.3) is 0 Å². The van der Waals surface area contributed by atoms with Gasteiger partial charge in [-0.05, 0) is 38.0 Å². The summed E-state index contributed by atoms with van der Waals surface area (Å²) in [6, 6.07) is 0.619. The van der Waals surface area contributed by atoms with Crippen LogP contribution in [0.5, 0.6) is 0 Å². The van der Waals surface area contributed by atoms with Crippen molar-refractivity contribution in [3.05, 3.63) is 0 Å². The Morgan fingerprint density at radius 2 is 2.18 bits per heavy atom. The highest BCUT2D eigenvalue weighted by atomic mass is 32.2. The molecule has 3 nitrogen and oxygen atoms in total. The van der Waals surface area contributed by atoms with Crippen LogP contribution in [-0.4, -0.2) is 47.0 Å². The number of nitrogens with zero attached hydrogens (tertiary/aromatic N) is 1. The van der Waals surface area contributed by atoms with Gasteiger partial charge < -0.3 is 10.2 Å². The van der Waals surface area contributed by atoms with Gasteiger partial charge in [0.25, 0.3) is 0 Å². The molecule has 3 atom stereocenters. The summed E-state index contributed by atoms with van der Waals surface area (Å²) in [5.41, 5.74) is 0. The van der Waals surface area contributed by atoms with E-state index in [0.29, 0.717) is 11.9 Å². The Bertz CT molecular complexity index is 272. The molecule has 0 aromatic rings. The van der Waals surface area contributed by atoms with E-state index in [0.717, 1.165) is 24.8 Å². The fraction of sp³-hybridized carbons (Fsp3) is 0.923. The number of carbonyl (C=O) groups is 1. The van der Waals surface area contributed by atoms with Crippen LogP contribution in [0, 0.1) is 0 Å². The minimum Gasteiger partial charge on any atom is -0.338 e. The summed E-state index contributed by atoms with van der Waals surface area (Å²) in [6.45, 7) is 6.15. The second-order valence-corrected chi connectivity index (χ2v) is 6.55. The molecule has 2 rings (SSSR count). The number of amides is 1. The molecule has 1 N–H and O–H groups in total. The Morgan fingerprint density at radius 3 is 2.88 bits per heavy atom. The average Bonchev–Trinajstić information content (AvgIpc) is 2.89. The van der Waals surface area contributed by atoms with Crippen molar-refractivity contribution >= 4 is 17.7 Å². The lowest BCUT2D eigenvalue weighted by Crippen LogP contribution is -2.42. The number of rotatable bonds is 5. The monoisotopic (exact) mass is 256 g/mol. The molecule has 1 saturated carbocycles. The van der Waals surface area contributed by atoms with Crippen molar-refractivity contribution < 1.29 is 4.79 Å². The van der Waals surface area contributed by atoms with Crippen LogP contribution in [0.3, 0.4) is 0 Å². The van der Waals surface area contributed by atoms with Crippen molar-refractivity contribution in [2.75, 3.05) is 18.8 Å². The normalized spacial score (nSPS) is 33.6. The van der Waals surface area contributed by atoms with Crippen LogP contribution >= 0.6 is 11.8 Å². The number of likely N-dealkylation sites (N-methyl/N-ethyl adjacent to an activating group) is 1. The number of thioether (sulfide) groups is 1. The SMILES string of the molecule is CCNC1CCN(C2CCC(SCC)C2)C1=O. The lowest BCUT2D eigenvalue weighted by atomic mass is 10.2. The molecule has 0 radical (unpaired) electrons. The van der Waals surface area contributed by atoms with E-state index >= 15 is 0 Å². The molecule has 17 heavy (non-hydrogen) atoms. The summed E-state index contributed by atoms with van der Waals surface area (Å²) in [4.78, 5) is 14.3. The van der Waals surface area contributed by atoms with E-state index in [-0.39, 0.29) is 6.04 Å². The third kappa shape index (κ3) is 2.97. The Kier molecular flexibility index (Phi) is 4.74. The third-order valence-electron chi connectivity index (χ3n) is 3.89. The van der Waals surface area contributed by atoms with Crippen molar-refractivity contribution in [2.45, 2.75) is 56.9 Å². The highest BCUT2D eigenvalue weighted by molar-refractivity contribution is 7.99. The first-order valence-electron chi connectivity index (χ1n) is 6.91. The van der Waals surface area contributed by atoms with Crippen LogP contribution < -0.4 is 5.32 Å². The van der Waals surface area contributed by atoms with Gasteiger partial charge in [-0.15, -0.1) is 0 Å².